The summed E-state index contributed by atoms with van der Waals surface area (Å²) in [5.74, 6) is -1.22. The van der Waals surface area contributed by atoms with Crippen LogP contribution in [0.15, 0.2) is 18.2 Å². The molecule has 1 fully saturated rings. The summed E-state index contributed by atoms with van der Waals surface area (Å²) in [6.45, 7) is 5.34. The molecule has 1 heterocycles. The molecule has 1 aromatic rings. The van der Waals surface area contributed by atoms with Crippen LogP contribution in [-0.4, -0.2) is 41.5 Å². The summed E-state index contributed by atoms with van der Waals surface area (Å²) in [5.41, 5.74) is 3.00. The number of carbonyl (C=O) groups excluding carboxylic acids is 1. The summed E-state index contributed by atoms with van der Waals surface area (Å²) < 4.78 is 0. The van der Waals surface area contributed by atoms with Crippen LogP contribution in [0, 0.1) is 19.8 Å². The number of carbonyl (C=O) groups is 2. The van der Waals surface area contributed by atoms with E-state index in [4.69, 9.17) is 5.11 Å². The number of rotatable bonds is 4. The Kier molecular flexibility index (Phi) is 6.18. The highest BCUT2D eigenvalue weighted by Crippen LogP contribution is 2.17. The van der Waals surface area contributed by atoms with Crippen molar-refractivity contribution < 1.29 is 14.7 Å². The van der Waals surface area contributed by atoms with Gasteiger partial charge in [-0.2, -0.15) is 0 Å². The van der Waals surface area contributed by atoms with Crippen molar-refractivity contribution in [3.63, 3.8) is 0 Å². The first-order valence-electron chi connectivity index (χ1n) is 6.77. The number of carboxylic acids is 1. The van der Waals surface area contributed by atoms with Gasteiger partial charge in [-0.25, -0.2) is 0 Å². The monoisotopic (exact) mass is 312 g/mol. The van der Waals surface area contributed by atoms with E-state index >= 15 is 0 Å². The Labute approximate surface area is 130 Å². The van der Waals surface area contributed by atoms with Gasteiger partial charge >= 0.3 is 5.97 Å². The predicted molar refractivity (Wildman–Crippen MR) is 84.0 cm³/mol. The molecule has 1 unspecified atom stereocenters. The maximum atomic E-state index is 12.0. The summed E-state index contributed by atoms with van der Waals surface area (Å²) in [4.78, 5) is 24.7. The fraction of sp³-hybridized carbons (Fsp3) is 0.467. The van der Waals surface area contributed by atoms with Crippen LogP contribution in [0.2, 0.25) is 0 Å². The number of likely N-dealkylation sites (tertiary alicyclic amines) is 1. The van der Waals surface area contributed by atoms with Crippen LogP contribution < -0.4 is 5.32 Å². The Morgan fingerprint density at radius 3 is 2.43 bits per heavy atom. The molecule has 0 aromatic heterocycles. The van der Waals surface area contributed by atoms with Crippen molar-refractivity contribution in [3.8, 4) is 0 Å². The van der Waals surface area contributed by atoms with Gasteiger partial charge in [0.1, 0.15) is 0 Å². The van der Waals surface area contributed by atoms with Gasteiger partial charge in [-0.15, -0.1) is 12.4 Å². The molecule has 1 atom stereocenters. The molecule has 0 spiro atoms. The summed E-state index contributed by atoms with van der Waals surface area (Å²) in [5, 5.41) is 11.8. The lowest BCUT2D eigenvalue weighted by molar-refractivity contribution is -0.141. The van der Waals surface area contributed by atoms with Crippen molar-refractivity contribution >= 4 is 30.0 Å². The van der Waals surface area contributed by atoms with Gasteiger partial charge in [-0.3, -0.25) is 14.5 Å². The van der Waals surface area contributed by atoms with E-state index in [0.29, 0.717) is 19.5 Å². The molecule has 5 nitrogen and oxygen atoms in total. The second kappa shape index (κ2) is 7.43. The molecular weight excluding hydrogens is 292 g/mol. The molecule has 1 aliphatic rings. The second-order valence-corrected chi connectivity index (χ2v) is 5.48. The topological polar surface area (TPSA) is 69.6 Å². The van der Waals surface area contributed by atoms with Crippen LogP contribution in [0.1, 0.15) is 17.5 Å². The minimum Gasteiger partial charge on any atom is -0.481 e. The van der Waals surface area contributed by atoms with E-state index < -0.39 is 5.97 Å². The number of hydrogen-bond donors (Lipinski definition) is 2. The maximum Gasteiger partial charge on any atom is 0.307 e. The summed E-state index contributed by atoms with van der Waals surface area (Å²) in [7, 11) is 0. The number of nitrogens with one attached hydrogen (secondary N) is 1. The molecule has 1 saturated heterocycles. The lowest BCUT2D eigenvalue weighted by Crippen LogP contribution is -2.32. The molecule has 116 valence electrons. The van der Waals surface area contributed by atoms with Crippen LogP contribution in [0.4, 0.5) is 5.69 Å². The molecule has 1 amide bonds. The highest BCUT2D eigenvalue weighted by atomic mass is 35.5. The van der Waals surface area contributed by atoms with Gasteiger partial charge in [-0.05, 0) is 50.1 Å². The largest absolute Gasteiger partial charge is 0.481 e. The first-order valence-corrected chi connectivity index (χ1v) is 6.77. The van der Waals surface area contributed by atoms with Crippen molar-refractivity contribution in [2.24, 2.45) is 5.92 Å². The Morgan fingerprint density at radius 2 is 1.90 bits per heavy atom. The van der Waals surface area contributed by atoms with Crippen molar-refractivity contribution in [1.29, 1.82) is 0 Å². The number of carboxylic acid groups (broad SMARTS) is 1. The predicted octanol–water partition coefficient (Wildman–Crippen LogP) is 2.07. The lowest BCUT2D eigenvalue weighted by Gasteiger charge is -2.15. The van der Waals surface area contributed by atoms with E-state index in [1.165, 1.54) is 0 Å². The number of anilines is 1. The quantitative estimate of drug-likeness (QED) is 0.893. The molecule has 2 N–H and O–H groups in total. The number of benzene rings is 1. The van der Waals surface area contributed by atoms with Crippen LogP contribution in [0.3, 0.4) is 0 Å². The number of halogens is 1. The highest BCUT2D eigenvalue weighted by Gasteiger charge is 2.28. The first kappa shape index (κ1) is 17.5. The number of hydrogen-bond acceptors (Lipinski definition) is 3. The molecule has 1 aliphatic heterocycles. The molecule has 0 saturated carbocycles. The zero-order chi connectivity index (χ0) is 14.7. The standard InChI is InChI=1S/C15H20N2O3.ClH/c1-10-5-11(2)7-13(6-10)16-14(18)9-17-4-3-12(8-17)15(19)20;/h5-7,12H,3-4,8-9H2,1-2H3,(H,16,18)(H,19,20);1H. The average Bonchev–Trinajstić information content (AvgIpc) is 2.75. The Hall–Kier alpha value is -1.59. The molecule has 2 rings (SSSR count). The molecule has 0 aliphatic carbocycles. The van der Waals surface area contributed by atoms with Crippen molar-refractivity contribution in [2.75, 3.05) is 25.0 Å². The molecule has 21 heavy (non-hydrogen) atoms. The summed E-state index contributed by atoms with van der Waals surface area (Å²) in [6, 6.07) is 5.90. The van der Waals surface area contributed by atoms with E-state index in [-0.39, 0.29) is 30.8 Å². The van der Waals surface area contributed by atoms with Gasteiger partial charge in [-0.1, -0.05) is 6.07 Å². The van der Waals surface area contributed by atoms with Crippen molar-refractivity contribution in [1.82, 2.24) is 4.90 Å². The SMILES string of the molecule is Cc1cc(C)cc(NC(=O)CN2CCC(C(=O)O)C2)c1.Cl. The van der Waals surface area contributed by atoms with Crippen LogP contribution in [0.5, 0.6) is 0 Å². The van der Waals surface area contributed by atoms with Gasteiger partial charge < -0.3 is 10.4 Å². The van der Waals surface area contributed by atoms with Gasteiger partial charge in [0.25, 0.3) is 0 Å². The lowest BCUT2D eigenvalue weighted by atomic mass is 10.1. The fourth-order valence-electron chi connectivity index (χ4n) is 2.63. The smallest absolute Gasteiger partial charge is 0.307 e. The zero-order valence-corrected chi connectivity index (χ0v) is 13.1. The molecular formula is C15H21ClN2O3. The maximum absolute atomic E-state index is 12.0. The zero-order valence-electron chi connectivity index (χ0n) is 12.3. The second-order valence-electron chi connectivity index (χ2n) is 5.48. The third kappa shape index (κ3) is 5.02. The molecule has 1 aromatic carbocycles. The minimum atomic E-state index is -0.776. The van der Waals surface area contributed by atoms with Gasteiger partial charge in [0, 0.05) is 12.2 Å². The van der Waals surface area contributed by atoms with Gasteiger partial charge in [0.2, 0.25) is 5.91 Å². The number of amides is 1. The van der Waals surface area contributed by atoms with E-state index in [1.807, 2.05) is 36.9 Å². The molecule has 6 heteroatoms. The highest BCUT2D eigenvalue weighted by molar-refractivity contribution is 5.92. The number of aliphatic carboxylic acids is 1. The third-order valence-corrected chi connectivity index (χ3v) is 3.49. The summed E-state index contributed by atoms with van der Waals surface area (Å²) >= 11 is 0. The first-order chi connectivity index (χ1) is 9.44. The van der Waals surface area contributed by atoms with E-state index in [9.17, 15) is 9.59 Å². The number of aryl methyl sites for hydroxylation is 2. The van der Waals surface area contributed by atoms with Crippen LogP contribution in [0.25, 0.3) is 0 Å². The van der Waals surface area contributed by atoms with Crippen LogP contribution >= 0.6 is 12.4 Å². The van der Waals surface area contributed by atoms with Gasteiger partial charge in [0.15, 0.2) is 0 Å². The Balaban J connectivity index is 0.00000220. The summed E-state index contributed by atoms with van der Waals surface area (Å²) in [6.07, 6.45) is 0.617. The van der Waals surface area contributed by atoms with Crippen molar-refractivity contribution in [3.05, 3.63) is 29.3 Å². The van der Waals surface area contributed by atoms with E-state index in [1.54, 1.807) is 0 Å². The Morgan fingerprint density at radius 1 is 1.29 bits per heavy atom. The van der Waals surface area contributed by atoms with E-state index in [2.05, 4.69) is 5.32 Å². The average molecular weight is 313 g/mol. The third-order valence-electron chi connectivity index (χ3n) is 3.49. The minimum absolute atomic E-state index is 0. The van der Waals surface area contributed by atoms with Gasteiger partial charge in [0.05, 0.1) is 12.5 Å². The van der Waals surface area contributed by atoms with Crippen molar-refractivity contribution in [2.45, 2.75) is 20.3 Å². The van der Waals surface area contributed by atoms with Crippen LogP contribution in [-0.2, 0) is 9.59 Å². The van der Waals surface area contributed by atoms with E-state index in [0.717, 1.165) is 16.8 Å². The Bertz CT molecular complexity index is 513. The number of nitrogens with zero attached hydrogens (tertiary/aromatic N) is 1. The normalized spacial score (nSPS) is 18.1. The molecule has 0 radical (unpaired) electrons. The fourth-order valence-corrected chi connectivity index (χ4v) is 2.63. The molecule has 0 bridgehead atoms.